The van der Waals surface area contributed by atoms with Crippen LogP contribution in [0.15, 0.2) is 53.8 Å². The molecule has 0 unspecified atom stereocenters. The number of thioether (sulfide) groups is 1. The Labute approximate surface area is 147 Å². The number of nitrogens with two attached hydrogens (primary N) is 1. The fraction of sp³-hybridized carbons (Fsp3) is 0.0625. The van der Waals surface area contributed by atoms with Crippen molar-refractivity contribution in [2.75, 3.05) is 5.73 Å². The number of nitro benzene ring substituents is 1. The molecule has 8 nitrogen and oxygen atoms in total. The van der Waals surface area contributed by atoms with Crippen LogP contribution in [-0.4, -0.2) is 24.7 Å². The molecule has 9 heteroatoms. The first-order valence-corrected chi connectivity index (χ1v) is 8.02. The summed E-state index contributed by atoms with van der Waals surface area (Å²) in [5.74, 6) is 0.198. The summed E-state index contributed by atoms with van der Waals surface area (Å²) in [5.41, 5.74) is 7.89. The van der Waals surface area contributed by atoms with E-state index in [1.807, 2.05) is 13.2 Å². The lowest BCUT2D eigenvalue weighted by Gasteiger charge is -2.08. The van der Waals surface area contributed by atoms with Crippen molar-refractivity contribution in [2.45, 2.75) is 4.90 Å². The molecule has 1 aromatic carbocycles. The van der Waals surface area contributed by atoms with Crippen LogP contribution in [0, 0.1) is 15.5 Å². The van der Waals surface area contributed by atoms with Gasteiger partial charge in [0.05, 0.1) is 16.0 Å². The zero-order valence-corrected chi connectivity index (χ0v) is 14.0. The van der Waals surface area contributed by atoms with Gasteiger partial charge in [0, 0.05) is 42.2 Å². The van der Waals surface area contributed by atoms with Gasteiger partial charge in [0.15, 0.2) is 0 Å². The van der Waals surface area contributed by atoms with E-state index in [0.717, 1.165) is 22.9 Å². The summed E-state index contributed by atoms with van der Waals surface area (Å²) in [6.07, 6.45) is 5.13. The van der Waals surface area contributed by atoms with E-state index < -0.39 is 4.92 Å². The maximum atomic E-state index is 11.1. The molecular formula is C16H14N6O2S. The van der Waals surface area contributed by atoms with Crippen molar-refractivity contribution in [3.63, 3.8) is 0 Å². The number of nitrogens with one attached hydrogen (secondary N) is 1. The van der Waals surface area contributed by atoms with Crippen LogP contribution < -0.4 is 5.73 Å². The third kappa shape index (κ3) is 3.50. The maximum absolute atomic E-state index is 11.1. The largest absolute Gasteiger partial charge is 0.383 e. The molecule has 0 amide bonds. The number of para-hydroxylation sites is 1. The Bertz CT molecular complexity index is 969. The van der Waals surface area contributed by atoms with E-state index in [-0.39, 0.29) is 16.5 Å². The second kappa shape index (κ2) is 6.73. The molecule has 3 aromatic rings. The molecule has 0 spiro atoms. The van der Waals surface area contributed by atoms with Gasteiger partial charge in [-0.1, -0.05) is 23.9 Å². The topological polar surface area (TPSA) is 124 Å². The molecular weight excluding hydrogens is 340 g/mol. The number of nitrogen functional groups attached to an aromatic ring is 1. The summed E-state index contributed by atoms with van der Waals surface area (Å²) in [7, 11) is 1.81. The molecule has 0 aliphatic rings. The van der Waals surface area contributed by atoms with Crippen molar-refractivity contribution in [2.24, 2.45) is 7.05 Å². The Hall–Kier alpha value is -3.20. The highest BCUT2D eigenvalue weighted by atomic mass is 32.2. The molecule has 0 atom stereocenters. The lowest BCUT2D eigenvalue weighted by atomic mass is 10.1. The van der Waals surface area contributed by atoms with Gasteiger partial charge in [-0.25, -0.2) is 4.98 Å². The van der Waals surface area contributed by atoms with Crippen molar-refractivity contribution in [1.29, 1.82) is 5.41 Å². The molecule has 25 heavy (non-hydrogen) atoms. The van der Waals surface area contributed by atoms with Crippen molar-refractivity contribution >= 4 is 28.3 Å². The highest BCUT2D eigenvalue weighted by Crippen LogP contribution is 2.33. The van der Waals surface area contributed by atoms with Gasteiger partial charge in [-0.15, -0.1) is 0 Å². The number of pyridine rings is 1. The molecule has 0 saturated heterocycles. The third-order valence-electron chi connectivity index (χ3n) is 3.48. The van der Waals surface area contributed by atoms with Gasteiger partial charge < -0.3 is 5.73 Å². The Morgan fingerprint density at radius 2 is 2.08 bits per heavy atom. The van der Waals surface area contributed by atoms with Crippen LogP contribution in [0.25, 0.3) is 11.1 Å². The number of anilines is 1. The Balaban J connectivity index is 1.94. The molecule has 0 aliphatic heterocycles. The van der Waals surface area contributed by atoms with E-state index in [0.29, 0.717) is 10.5 Å². The van der Waals surface area contributed by atoms with Crippen molar-refractivity contribution < 1.29 is 4.92 Å². The minimum Gasteiger partial charge on any atom is -0.383 e. The predicted octanol–water partition coefficient (Wildman–Crippen LogP) is 3.09. The zero-order valence-electron chi connectivity index (χ0n) is 13.2. The molecule has 0 bridgehead atoms. The average Bonchev–Trinajstić information content (AvgIpc) is 3.02. The van der Waals surface area contributed by atoms with Gasteiger partial charge in [0.25, 0.3) is 5.69 Å². The van der Waals surface area contributed by atoms with Gasteiger partial charge in [0.1, 0.15) is 10.9 Å². The van der Waals surface area contributed by atoms with E-state index in [1.54, 1.807) is 41.3 Å². The molecule has 2 heterocycles. The normalized spacial score (nSPS) is 10.6. The molecule has 0 radical (unpaired) electrons. The van der Waals surface area contributed by atoms with Gasteiger partial charge >= 0.3 is 0 Å². The van der Waals surface area contributed by atoms with Crippen molar-refractivity contribution in [3.05, 3.63) is 64.6 Å². The van der Waals surface area contributed by atoms with E-state index >= 15 is 0 Å². The van der Waals surface area contributed by atoms with E-state index in [1.165, 1.54) is 6.07 Å². The summed E-state index contributed by atoms with van der Waals surface area (Å²) >= 11 is 0.976. The Kier molecular flexibility index (Phi) is 4.48. The highest BCUT2D eigenvalue weighted by Gasteiger charge is 2.18. The second-order valence-electron chi connectivity index (χ2n) is 5.22. The second-order valence-corrected chi connectivity index (χ2v) is 6.27. The van der Waals surface area contributed by atoms with Gasteiger partial charge in [-0.3, -0.25) is 20.2 Å². The monoisotopic (exact) mass is 354 g/mol. The smallest absolute Gasteiger partial charge is 0.283 e. The maximum Gasteiger partial charge on any atom is 0.283 e. The SMILES string of the molecule is Cn1cc(-c2cnc(N)c(C(=N)Sc3ccccc3[N+](=O)[O-])c2)cn1. The summed E-state index contributed by atoms with van der Waals surface area (Å²) in [5, 5.41) is 23.6. The third-order valence-corrected chi connectivity index (χ3v) is 4.46. The van der Waals surface area contributed by atoms with Crippen molar-refractivity contribution in [3.8, 4) is 11.1 Å². The molecule has 3 N–H and O–H groups in total. The number of hydrogen-bond donors (Lipinski definition) is 2. The Morgan fingerprint density at radius 3 is 2.76 bits per heavy atom. The molecule has 0 fully saturated rings. The van der Waals surface area contributed by atoms with Crippen LogP contribution in [0.3, 0.4) is 0 Å². The lowest BCUT2D eigenvalue weighted by molar-refractivity contribution is -0.387. The zero-order chi connectivity index (χ0) is 18.0. The Morgan fingerprint density at radius 1 is 1.32 bits per heavy atom. The van der Waals surface area contributed by atoms with E-state index in [9.17, 15) is 10.1 Å². The number of aromatic nitrogens is 3. The molecule has 0 saturated carbocycles. The molecule has 3 rings (SSSR count). The van der Waals surface area contributed by atoms with Gasteiger partial charge in [-0.2, -0.15) is 5.10 Å². The summed E-state index contributed by atoms with van der Waals surface area (Å²) < 4.78 is 1.67. The molecule has 2 aromatic heterocycles. The van der Waals surface area contributed by atoms with Gasteiger partial charge in [0.2, 0.25) is 0 Å². The van der Waals surface area contributed by atoms with Crippen molar-refractivity contribution in [1.82, 2.24) is 14.8 Å². The number of nitrogens with zero attached hydrogens (tertiary/aromatic N) is 4. The summed E-state index contributed by atoms with van der Waals surface area (Å²) in [6.45, 7) is 0. The van der Waals surface area contributed by atoms with Gasteiger partial charge in [-0.05, 0) is 12.1 Å². The van der Waals surface area contributed by atoms with Crippen LogP contribution in [0.5, 0.6) is 0 Å². The van der Waals surface area contributed by atoms with Crippen LogP contribution in [-0.2, 0) is 7.05 Å². The average molecular weight is 354 g/mol. The first-order chi connectivity index (χ1) is 12.0. The fourth-order valence-electron chi connectivity index (χ4n) is 2.24. The number of rotatable bonds is 4. The first kappa shape index (κ1) is 16.7. The quantitative estimate of drug-likeness (QED) is 0.244. The van der Waals surface area contributed by atoms with E-state index in [4.69, 9.17) is 11.1 Å². The minimum absolute atomic E-state index is 0.0489. The standard InChI is InChI=1S/C16H14N6O2S/c1-21-9-11(8-20-21)10-6-12(15(17)19-7-10)16(18)25-14-5-3-2-4-13(14)22(23)24/h2-9,18H,1H3,(H2,17,19). The van der Waals surface area contributed by atoms with Crippen LogP contribution >= 0.6 is 11.8 Å². The summed E-state index contributed by atoms with van der Waals surface area (Å²) in [6, 6.07) is 8.03. The number of hydrogen-bond acceptors (Lipinski definition) is 7. The number of benzene rings is 1. The molecule has 0 aliphatic carbocycles. The van der Waals surface area contributed by atoms with E-state index in [2.05, 4.69) is 10.1 Å². The lowest BCUT2D eigenvalue weighted by Crippen LogP contribution is -2.03. The predicted molar refractivity (Wildman–Crippen MR) is 96.6 cm³/mol. The number of nitro groups is 1. The highest BCUT2D eigenvalue weighted by molar-refractivity contribution is 8.14. The van der Waals surface area contributed by atoms with Crippen LogP contribution in [0.4, 0.5) is 11.5 Å². The van der Waals surface area contributed by atoms with Crippen LogP contribution in [0.1, 0.15) is 5.56 Å². The summed E-state index contributed by atoms with van der Waals surface area (Å²) in [4.78, 5) is 15.2. The minimum atomic E-state index is -0.469. The molecule has 126 valence electrons. The first-order valence-electron chi connectivity index (χ1n) is 7.20. The van der Waals surface area contributed by atoms with Crippen LogP contribution in [0.2, 0.25) is 0 Å². The number of aryl methyl sites for hydroxylation is 1. The fourth-order valence-corrected chi connectivity index (χ4v) is 3.13.